The normalized spacial score (nSPS) is 21.1. The minimum Gasteiger partial charge on any atom is -0.469 e. The van der Waals surface area contributed by atoms with Gasteiger partial charge in [0.1, 0.15) is 6.10 Å². The Kier molecular flexibility index (Phi) is 6.01. The van der Waals surface area contributed by atoms with Gasteiger partial charge in [0.25, 0.3) is 0 Å². The second-order valence-corrected chi connectivity index (χ2v) is 4.71. The van der Waals surface area contributed by atoms with Crippen molar-refractivity contribution in [2.24, 2.45) is 5.92 Å². The molecule has 0 saturated carbocycles. The standard InChI is InChI=1S/C13H22O4/c1-10(13(15)16-2)6-4-3-5-7-11-8-9-12(14)17-11/h10-11H,3-9H2,1-2H3. The van der Waals surface area contributed by atoms with Gasteiger partial charge in [-0.2, -0.15) is 0 Å². The Balaban J connectivity index is 1.97. The Morgan fingerprint density at radius 2 is 2.24 bits per heavy atom. The Hall–Kier alpha value is -1.06. The fourth-order valence-electron chi connectivity index (χ4n) is 2.10. The van der Waals surface area contributed by atoms with Gasteiger partial charge in [-0.05, 0) is 25.7 Å². The summed E-state index contributed by atoms with van der Waals surface area (Å²) in [5.74, 6) is -0.201. The summed E-state index contributed by atoms with van der Waals surface area (Å²) in [5.41, 5.74) is 0. The lowest BCUT2D eigenvalue weighted by molar-refractivity contribution is -0.145. The van der Waals surface area contributed by atoms with Crippen molar-refractivity contribution in [3.05, 3.63) is 0 Å². The van der Waals surface area contributed by atoms with Gasteiger partial charge in [-0.15, -0.1) is 0 Å². The summed E-state index contributed by atoms with van der Waals surface area (Å²) in [6.45, 7) is 1.89. The number of methoxy groups -OCH3 is 1. The van der Waals surface area contributed by atoms with Crippen LogP contribution in [0.25, 0.3) is 0 Å². The van der Waals surface area contributed by atoms with Gasteiger partial charge in [0.15, 0.2) is 0 Å². The van der Waals surface area contributed by atoms with E-state index in [2.05, 4.69) is 4.74 Å². The Labute approximate surface area is 103 Å². The van der Waals surface area contributed by atoms with E-state index >= 15 is 0 Å². The van der Waals surface area contributed by atoms with Gasteiger partial charge in [-0.25, -0.2) is 0 Å². The summed E-state index contributed by atoms with van der Waals surface area (Å²) < 4.78 is 9.80. The lowest BCUT2D eigenvalue weighted by Gasteiger charge is -2.10. The molecule has 1 heterocycles. The van der Waals surface area contributed by atoms with Gasteiger partial charge in [0.2, 0.25) is 0 Å². The topological polar surface area (TPSA) is 52.6 Å². The molecule has 0 N–H and O–H groups in total. The Morgan fingerprint density at radius 3 is 2.82 bits per heavy atom. The van der Waals surface area contributed by atoms with E-state index in [4.69, 9.17) is 4.74 Å². The van der Waals surface area contributed by atoms with Crippen LogP contribution in [0.1, 0.15) is 51.9 Å². The zero-order valence-electron chi connectivity index (χ0n) is 10.7. The number of hydrogen-bond donors (Lipinski definition) is 0. The molecule has 1 fully saturated rings. The maximum atomic E-state index is 11.1. The number of unbranched alkanes of at least 4 members (excludes halogenated alkanes) is 2. The molecule has 17 heavy (non-hydrogen) atoms. The van der Waals surface area contributed by atoms with Gasteiger partial charge >= 0.3 is 11.9 Å². The summed E-state index contributed by atoms with van der Waals surface area (Å²) in [5, 5.41) is 0. The third kappa shape index (κ3) is 5.20. The number of cyclic esters (lactones) is 1. The molecule has 0 aliphatic carbocycles. The van der Waals surface area contributed by atoms with Crippen LogP contribution < -0.4 is 0 Å². The second-order valence-electron chi connectivity index (χ2n) is 4.71. The molecule has 0 aromatic rings. The molecule has 1 aliphatic heterocycles. The van der Waals surface area contributed by atoms with Crippen LogP contribution in [-0.4, -0.2) is 25.2 Å². The van der Waals surface area contributed by atoms with Crippen LogP contribution in [-0.2, 0) is 19.1 Å². The van der Waals surface area contributed by atoms with E-state index in [9.17, 15) is 9.59 Å². The quantitative estimate of drug-likeness (QED) is 0.508. The van der Waals surface area contributed by atoms with E-state index in [-0.39, 0.29) is 24.0 Å². The Bertz CT molecular complexity index is 262. The van der Waals surface area contributed by atoms with Crippen molar-refractivity contribution >= 4 is 11.9 Å². The second kappa shape index (κ2) is 7.30. The van der Waals surface area contributed by atoms with E-state index in [0.717, 1.165) is 38.5 Å². The van der Waals surface area contributed by atoms with Crippen LogP contribution in [0.3, 0.4) is 0 Å². The predicted molar refractivity (Wildman–Crippen MR) is 63.4 cm³/mol. The molecule has 0 bridgehead atoms. The minimum absolute atomic E-state index is 0.00990. The summed E-state index contributed by atoms with van der Waals surface area (Å²) in [7, 11) is 1.42. The molecule has 0 aromatic heterocycles. The smallest absolute Gasteiger partial charge is 0.308 e. The maximum Gasteiger partial charge on any atom is 0.308 e. The number of carbonyl (C=O) groups is 2. The lowest BCUT2D eigenvalue weighted by atomic mass is 10.0. The first-order chi connectivity index (χ1) is 8.13. The highest BCUT2D eigenvalue weighted by atomic mass is 16.5. The van der Waals surface area contributed by atoms with Crippen molar-refractivity contribution in [1.82, 2.24) is 0 Å². The highest BCUT2D eigenvalue weighted by Crippen LogP contribution is 2.20. The van der Waals surface area contributed by atoms with Gasteiger partial charge in [0.05, 0.1) is 13.0 Å². The molecule has 2 atom stereocenters. The third-order valence-electron chi connectivity index (χ3n) is 3.24. The molecule has 2 unspecified atom stereocenters. The zero-order chi connectivity index (χ0) is 12.7. The van der Waals surface area contributed by atoms with Gasteiger partial charge in [0, 0.05) is 6.42 Å². The third-order valence-corrected chi connectivity index (χ3v) is 3.24. The van der Waals surface area contributed by atoms with Gasteiger partial charge in [-0.1, -0.05) is 19.8 Å². The van der Waals surface area contributed by atoms with Crippen LogP contribution in [0.4, 0.5) is 0 Å². The van der Waals surface area contributed by atoms with E-state index in [1.165, 1.54) is 7.11 Å². The number of carbonyl (C=O) groups excluding carboxylic acids is 2. The fourth-order valence-corrected chi connectivity index (χ4v) is 2.10. The van der Waals surface area contributed by atoms with Crippen molar-refractivity contribution < 1.29 is 19.1 Å². The summed E-state index contributed by atoms with van der Waals surface area (Å²) >= 11 is 0. The molecule has 1 saturated heterocycles. The average molecular weight is 242 g/mol. The van der Waals surface area contributed by atoms with Crippen molar-refractivity contribution in [2.75, 3.05) is 7.11 Å². The van der Waals surface area contributed by atoms with Crippen molar-refractivity contribution in [3.8, 4) is 0 Å². The van der Waals surface area contributed by atoms with Crippen molar-refractivity contribution in [1.29, 1.82) is 0 Å². The number of rotatable bonds is 7. The molecule has 0 spiro atoms. The predicted octanol–water partition coefficient (Wildman–Crippen LogP) is 2.45. The van der Waals surface area contributed by atoms with Gasteiger partial charge in [-0.3, -0.25) is 9.59 Å². The molecule has 98 valence electrons. The lowest BCUT2D eigenvalue weighted by Crippen LogP contribution is -2.12. The van der Waals surface area contributed by atoms with E-state index in [1.54, 1.807) is 0 Å². The minimum atomic E-state index is -0.130. The van der Waals surface area contributed by atoms with Crippen LogP contribution in [0.5, 0.6) is 0 Å². The van der Waals surface area contributed by atoms with Crippen molar-refractivity contribution in [2.45, 2.75) is 58.0 Å². The molecule has 4 nitrogen and oxygen atoms in total. The molecule has 1 aliphatic rings. The first-order valence-corrected chi connectivity index (χ1v) is 6.40. The first-order valence-electron chi connectivity index (χ1n) is 6.40. The van der Waals surface area contributed by atoms with Crippen LogP contribution in [0.15, 0.2) is 0 Å². The molecule has 0 amide bonds. The highest BCUT2D eigenvalue weighted by Gasteiger charge is 2.22. The average Bonchev–Trinajstić information content (AvgIpc) is 2.73. The number of ether oxygens (including phenoxy) is 2. The summed E-state index contributed by atoms with van der Waals surface area (Å²) in [6, 6.07) is 0. The zero-order valence-corrected chi connectivity index (χ0v) is 10.7. The van der Waals surface area contributed by atoms with Crippen LogP contribution >= 0.6 is 0 Å². The largest absolute Gasteiger partial charge is 0.469 e. The molecule has 0 aromatic carbocycles. The monoisotopic (exact) mass is 242 g/mol. The summed E-state index contributed by atoms with van der Waals surface area (Å²) in [4.78, 5) is 22.0. The highest BCUT2D eigenvalue weighted by molar-refractivity contribution is 5.71. The molecular formula is C13H22O4. The SMILES string of the molecule is COC(=O)C(C)CCCCCC1CCC(=O)O1. The van der Waals surface area contributed by atoms with Crippen LogP contribution in [0.2, 0.25) is 0 Å². The van der Waals surface area contributed by atoms with E-state index < -0.39 is 0 Å². The van der Waals surface area contributed by atoms with Crippen LogP contribution in [0, 0.1) is 5.92 Å². The fraction of sp³-hybridized carbons (Fsp3) is 0.846. The van der Waals surface area contributed by atoms with Crippen molar-refractivity contribution in [3.63, 3.8) is 0 Å². The Morgan fingerprint density at radius 1 is 1.47 bits per heavy atom. The first kappa shape index (κ1) is 14.0. The van der Waals surface area contributed by atoms with E-state index in [1.807, 2.05) is 6.92 Å². The molecular weight excluding hydrogens is 220 g/mol. The molecule has 0 radical (unpaired) electrons. The summed E-state index contributed by atoms with van der Waals surface area (Å²) in [6.07, 6.45) is 6.58. The molecule has 4 heteroatoms. The maximum absolute atomic E-state index is 11.1. The number of hydrogen-bond acceptors (Lipinski definition) is 4. The van der Waals surface area contributed by atoms with Gasteiger partial charge < -0.3 is 9.47 Å². The number of esters is 2. The molecule has 1 rings (SSSR count). The van der Waals surface area contributed by atoms with E-state index in [0.29, 0.717) is 6.42 Å².